The van der Waals surface area contributed by atoms with Gasteiger partial charge in [-0.1, -0.05) is 28.9 Å². The molecule has 0 aliphatic heterocycles. The van der Waals surface area contributed by atoms with Gasteiger partial charge in [-0.3, -0.25) is 15.1 Å². The largest absolute Gasteiger partial charge is 0.298 e. The zero-order chi connectivity index (χ0) is 14.3. The van der Waals surface area contributed by atoms with Crippen molar-refractivity contribution in [2.75, 3.05) is 13.1 Å². The summed E-state index contributed by atoms with van der Waals surface area (Å²) in [6, 6.07) is 7.52. The van der Waals surface area contributed by atoms with Crippen molar-refractivity contribution in [2.24, 2.45) is 5.84 Å². The highest BCUT2D eigenvalue weighted by atomic mass is 79.9. The Labute approximate surface area is 121 Å². The van der Waals surface area contributed by atoms with Crippen LogP contribution >= 0.6 is 15.9 Å². The molecule has 1 aromatic rings. The van der Waals surface area contributed by atoms with Crippen LogP contribution in [0.1, 0.15) is 29.3 Å². The Hall–Kier alpha value is -1.42. The first-order chi connectivity index (χ1) is 9.12. The van der Waals surface area contributed by atoms with Crippen LogP contribution in [0, 0.1) is 11.3 Å². The summed E-state index contributed by atoms with van der Waals surface area (Å²) in [6.45, 7) is 4.41. The monoisotopic (exact) mass is 324 g/mol. The molecule has 0 saturated carbocycles. The predicted molar refractivity (Wildman–Crippen MR) is 77.0 cm³/mol. The molecule has 1 amide bonds. The molecule has 0 unspecified atom stereocenters. The van der Waals surface area contributed by atoms with Gasteiger partial charge >= 0.3 is 0 Å². The summed E-state index contributed by atoms with van der Waals surface area (Å²) in [5.74, 6) is 4.78. The Morgan fingerprint density at radius 1 is 1.58 bits per heavy atom. The number of nitrogens with zero attached hydrogens (tertiary/aromatic N) is 2. The smallest absolute Gasteiger partial charge is 0.265 e. The summed E-state index contributed by atoms with van der Waals surface area (Å²) < 4.78 is 0.865. The van der Waals surface area contributed by atoms with E-state index in [-0.39, 0.29) is 5.91 Å². The van der Waals surface area contributed by atoms with E-state index in [1.165, 1.54) is 0 Å². The first kappa shape index (κ1) is 15.6. The van der Waals surface area contributed by atoms with Gasteiger partial charge in [0.05, 0.1) is 6.07 Å². The van der Waals surface area contributed by atoms with Gasteiger partial charge in [0, 0.05) is 29.5 Å². The number of nitrogens with two attached hydrogens (primary N) is 1. The van der Waals surface area contributed by atoms with E-state index < -0.39 is 0 Å². The first-order valence-electron chi connectivity index (χ1n) is 6.01. The van der Waals surface area contributed by atoms with Crippen molar-refractivity contribution >= 4 is 21.8 Å². The highest BCUT2D eigenvalue weighted by Gasteiger charge is 2.10. The molecule has 1 rings (SSSR count). The Balaban J connectivity index is 2.79. The molecule has 0 fully saturated rings. The summed E-state index contributed by atoms with van der Waals surface area (Å²) in [7, 11) is 0. The number of benzene rings is 1. The number of rotatable bonds is 6. The minimum Gasteiger partial charge on any atom is -0.298 e. The zero-order valence-electron chi connectivity index (χ0n) is 10.8. The van der Waals surface area contributed by atoms with Crippen LogP contribution in [0.5, 0.6) is 0 Å². The van der Waals surface area contributed by atoms with Gasteiger partial charge in [-0.25, -0.2) is 5.84 Å². The molecule has 0 aromatic heterocycles. The lowest BCUT2D eigenvalue weighted by Gasteiger charge is -2.20. The minimum atomic E-state index is -0.316. The lowest BCUT2D eigenvalue weighted by Crippen LogP contribution is -2.30. The standard InChI is InChI=1S/C13H17BrN4O/c1-2-18(7-3-6-15)9-11-5-4-10(8-12(11)14)13(19)17-16/h4-5,8H,2-3,7,9,16H2,1H3,(H,17,19). The van der Waals surface area contributed by atoms with Crippen LogP contribution in [0.3, 0.4) is 0 Å². The molecule has 6 heteroatoms. The fourth-order valence-electron chi connectivity index (χ4n) is 1.70. The molecule has 102 valence electrons. The quantitative estimate of drug-likeness (QED) is 0.475. The zero-order valence-corrected chi connectivity index (χ0v) is 12.4. The molecule has 19 heavy (non-hydrogen) atoms. The van der Waals surface area contributed by atoms with Crippen molar-refractivity contribution in [2.45, 2.75) is 19.9 Å². The number of amides is 1. The third kappa shape index (κ3) is 4.63. The second kappa shape index (κ2) is 7.89. The third-order valence-corrected chi connectivity index (χ3v) is 3.57. The van der Waals surface area contributed by atoms with Gasteiger partial charge < -0.3 is 0 Å². The highest BCUT2D eigenvalue weighted by Crippen LogP contribution is 2.20. The Kier molecular flexibility index (Phi) is 6.50. The van der Waals surface area contributed by atoms with Crippen LogP contribution in [0.2, 0.25) is 0 Å². The number of hydrogen-bond acceptors (Lipinski definition) is 4. The van der Waals surface area contributed by atoms with Crippen molar-refractivity contribution in [3.8, 4) is 6.07 Å². The van der Waals surface area contributed by atoms with Gasteiger partial charge in [-0.2, -0.15) is 5.26 Å². The third-order valence-electron chi connectivity index (χ3n) is 2.83. The molecule has 0 spiro atoms. The van der Waals surface area contributed by atoms with Crippen LogP contribution < -0.4 is 11.3 Å². The Morgan fingerprint density at radius 3 is 2.84 bits per heavy atom. The van der Waals surface area contributed by atoms with Crippen molar-refractivity contribution in [1.82, 2.24) is 10.3 Å². The molecule has 3 N–H and O–H groups in total. The van der Waals surface area contributed by atoms with Gasteiger partial charge in [0.1, 0.15) is 0 Å². The van der Waals surface area contributed by atoms with E-state index in [4.69, 9.17) is 11.1 Å². The van der Waals surface area contributed by atoms with Gasteiger partial charge in [-0.05, 0) is 24.2 Å². The fraction of sp³-hybridized carbons (Fsp3) is 0.385. The van der Waals surface area contributed by atoms with Crippen molar-refractivity contribution in [3.63, 3.8) is 0 Å². The summed E-state index contributed by atoms with van der Waals surface area (Å²) in [6.07, 6.45) is 0.513. The predicted octanol–water partition coefficient (Wildman–Crippen LogP) is 1.79. The molecule has 0 aliphatic carbocycles. The van der Waals surface area contributed by atoms with Crippen molar-refractivity contribution in [3.05, 3.63) is 33.8 Å². The first-order valence-corrected chi connectivity index (χ1v) is 6.80. The average Bonchev–Trinajstić information content (AvgIpc) is 2.44. The van der Waals surface area contributed by atoms with E-state index in [0.717, 1.165) is 29.7 Å². The second-order valence-electron chi connectivity index (χ2n) is 4.06. The van der Waals surface area contributed by atoms with Crippen LogP contribution in [0.4, 0.5) is 0 Å². The number of halogens is 1. The topological polar surface area (TPSA) is 82.2 Å². The minimum absolute atomic E-state index is 0.316. The highest BCUT2D eigenvalue weighted by molar-refractivity contribution is 9.10. The number of carbonyl (C=O) groups excluding carboxylic acids is 1. The maximum Gasteiger partial charge on any atom is 0.265 e. The summed E-state index contributed by atoms with van der Waals surface area (Å²) in [5, 5.41) is 8.61. The number of nitriles is 1. The maximum atomic E-state index is 11.4. The number of hydrazine groups is 1. The van der Waals surface area contributed by atoms with Gasteiger partial charge in [0.2, 0.25) is 0 Å². The molecular formula is C13H17BrN4O. The molecule has 0 atom stereocenters. The maximum absolute atomic E-state index is 11.4. The summed E-state index contributed by atoms with van der Waals surface area (Å²) in [5.41, 5.74) is 3.69. The molecule has 0 heterocycles. The van der Waals surface area contributed by atoms with E-state index in [1.807, 2.05) is 6.07 Å². The van der Waals surface area contributed by atoms with Crippen LogP contribution in [0.15, 0.2) is 22.7 Å². The summed E-state index contributed by atoms with van der Waals surface area (Å²) in [4.78, 5) is 13.6. The molecular weight excluding hydrogens is 308 g/mol. The number of nitrogens with one attached hydrogen (secondary N) is 1. The number of hydrogen-bond donors (Lipinski definition) is 2. The Bertz CT molecular complexity index is 484. The van der Waals surface area contributed by atoms with E-state index in [2.05, 4.69) is 39.2 Å². The van der Waals surface area contributed by atoms with E-state index in [9.17, 15) is 4.79 Å². The lowest BCUT2D eigenvalue weighted by atomic mass is 10.1. The normalized spacial score (nSPS) is 10.3. The molecule has 0 saturated heterocycles. The van der Waals surface area contributed by atoms with E-state index in [0.29, 0.717) is 12.0 Å². The summed E-state index contributed by atoms with van der Waals surface area (Å²) >= 11 is 3.46. The SMILES string of the molecule is CCN(CCC#N)Cc1ccc(C(=O)NN)cc1Br. The second-order valence-corrected chi connectivity index (χ2v) is 4.91. The van der Waals surface area contributed by atoms with Crippen LogP contribution in [-0.4, -0.2) is 23.9 Å². The number of nitrogen functional groups attached to an aromatic ring is 1. The van der Waals surface area contributed by atoms with Crippen molar-refractivity contribution < 1.29 is 4.79 Å². The van der Waals surface area contributed by atoms with Crippen molar-refractivity contribution in [1.29, 1.82) is 5.26 Å². The Morgan fingerprint density at radius 2 is 2.32 bits per heavy atom. The fourth-order valence-corrected chi connectivity index (χ4v) is 2.20. The number of carbonyl (C=O) groups is 1. The average molecular weight is 325 g/mol. The van der Waals surface area contributed by atoms with Gasteiger partial charge in [0.15, 0.2) is 0 Å². The van der Waals surface area contributed by atoms with Gasteiger partial charge in [-0.15, -0.1) is 0 Å². The molecule has 0 bridgehead atoms. The lowest BCUT2D eigenvalue weighted by molar-refractivity contribution is 0.0953. The van der Waals surface area contributed by atoms with E-state index >= 15 is 0 Å². The van der Waals surface area contributed by atoms with E-state index in [1.54, 1.807) is 12.1 Å². The molecule has 0 radical (unpaired) electrons. The van der Waals surface area contributed by atoms with Crippen LogP contribution in [-0.2, 0) is 6.54 Å². The molecule has 0 aliphatic rings. The van der Waals surface area contributed by atoms with Gasteiger partial charge in [0.25, 0.3) is 5.91 Å². The molecule has 5 nitrogen and oxygen atoms in total. The molecule has 1 aromatic carbocycles. The van der Waals surface area contributed by atoms with Crippen LogP contribution in [0.25, 0.3) is 0 Å².